The predicted molar refractivity (Wildman–Crippen MR) is 114 cm³/mol. The van der Waals surface area contributed by atoms with Crippen molar-refractivity contribution in [2.75, 3.05) is 17.8 Å². The minimum atomic E-state index is -0.271. The lowest BCUT2D eigenvalue weighted by molar-refractivity contribution is -0.113. The number of hydrogen-bond donors (Lipinski definition) is 1. The first-order chi connectivity index (χ1) is 14.0. The Morgan fingerprint density at radius 2 is 1.90 bits per heavy atom. The van der Waals surface area contributed by atoms with Gasteiger partial charge in [0.1, 0.15) is 5.88 Å². The third-order valence-electron chi connectivity index (χ3n) is 4.43. The molecule has 0 bridgehead atoms. The lowest BCUT2D eigenvalue weighted by atomic mass is 10.2. The molecule has 150 valence electrons. The van der Waals surface area contributed by atoms with Crippen LogP contribution in [0.3, 0.4) is 0 Å². The van der Waals surface area contributed by atoms with Crippen LogP contribution in [0.5, 0.6) is 6.01 Å². The average molecular weight is 452 g/mol. The molecule has 1 aliphatic carbocycles. The van der Waals surface area contributed by atoms with Gasteiger partial charge in [-0.05, 0) is 61.2 Å². The summed E-state index contributed by atoms with van der Waals surface area (Å²) in [6, 6.07) is 12.8. The molecule has 6 nitrogen and oxygen atoms in total. The average Bonchev–Trinajstić information content (AvgIpc) is 3.46. The Kier molecular flexibility index (Phi) is 5.94. The normalized spacial score (nSPS) is 13.3. The first kappa shape index (κ1) is 20.0. The number of halogens is 3. The fraction of sp³-hybridized carbons (Fsp3) is 0.250. The van der Waals surface area contributed by atoms with Crippen molar-refractivity contribution in [1.82, 2.24) is 14.8 Å². The maximum atomic E-state index is 11.5. The summed E-state index contributed by atoms with van der Waals surface area (Å²) in [5, 5.41) is 8.11. The van der Waals surface area contributed by atoms with Gasteiger partial charge in [0.2, 0.25) is 5.91 Å². The standard InChI is InChI=1S/C20H17Cl3N4O2/c21-10-18(28)24-14-4-6-15(7-5-14)27-19(13-3-8-16(22)17(23)9-13)25-20(26-27)29-11-12-1-2-12/h3-9,12H,1-2,10-11H2,(H,24,28). The van der Waals surface area contributed by atoms with E-state index in [0.29, 0.717) is 40.1 Å². The number of amides is 1. The van der Waals surface area contributed by atoms with Gasteiger partial charge in [0, 0.05) is 11.3 Å². The zero-order valence-corrected chi connectivity index (χ0v) is 17.5. The number of rotatable bonds is 7. The molecule has 1 aromatic heterocycles. The predicted octanol–water partition coefficient (Wildman–Crippen LogP) is 5.21. The van der Waals surface area contributed by atoms with E-state index in [9.17, 15) is 4.79 Å². The van der Waals surface area contributed by atoms with Gasteiger partial charge in [-0.3, -0.25) is 4.79 Å². The second-order valence-electron chi connectivity index (χ2n) is 6.74. The molecule has 0 aliphatic heterocycles. The van der Waals surface area contributed by atoms with Crippen LogP contribution in [0.2, 0.25) is 10.0 Å². The van der Waals surface area contributed by atoms with Crippen molar-refractivity contribution in [3.05, 3.63) is 52.5 Å². The van der Waals surface area contributed by atoms with Crippen molar-refractivity contribution >= 4 is 46.4 Å². The second-order valence-corrected chi connectivity index (χ2v) is 7.82. The first-order valence-electron chi connectivity index (χ1n) is 9.05. The fourth-order valence-electron chi connectivity index (χ4n) is 2.71. The number of nitrogens with zero attached hydrogens (tertiary/aromatic N) is 3. The molecule has 1 saturated carbocycles. The highest BCUT2D eigenvalue weighted by Gasteiger charge is 2.23. The molecule has 0 spiro atoms. The Balaban J connectivity index is 1.68. The van der Waals surface area contributed by atoms with Gasteiger partial charge in [0.25, 0.3) is 0 Å². The van der Waals surface area contributed by atoms with Crippen LogP contribution < -0.4 is 10.1 Å². The summed E-state index contributed by atoms with van der Waals surface area (Å²) >= 11 is 17.8. The van der Waals surface area contributed by atoms with Crippen molar-refractivity contribution in [1.29, 1.82) is 0 Å². The van der Waals surface area contributed by atoms with E-state index in [1.54, 1.807) is 28.9 Å². The zero-order chi connectivity index (χ0) is 20.4. The summed E-state index contributed by atoms with van der Waals surface area (Å²) in [6.07, 6.45) is 2.35. The van der Waals surface area contributed by atoms with Crippen LogP contribution in [0.1, 0.15) is 12.8 Å². The molecule has 29 heavy (non-hydrogen) atoms. The van der Waals surface area contributed by atoms with Crippen LogP contribution >= 0.6 is 34.8 Å². The van der Waals surface area contributed by atoms with Crippen molar-refractivity contribution in [2.45, 2.75) is 12.8 Å². The van der Waals surface area contributed by atoms with Gasteiger partial charge in [-0.1, -0.05) is 23.2 Å². The highest BCUT2D eigenvalue weighted by molar-refractivity contribution is 6.42. The zero-order valence-electron chi connectivity index (χ0n) is 15.2. The lowest BCUT2D eigenvalue weighted by Gasteiger charge is -2.08. The van der Waals surface area contributed by atoms with Gasteiger partial charge < -0.3 is 10.1 Å². The summed E-state index contributed by atoms with van der Waals surface area (Å²) in [4.78, 5) is 16.0. The Labute approximate surface area is 182 Å². The molecule has 4 rings (SSSR count). The summed E-state index contributed by atoms with van der Waals surface area (Å²) in [5.74, 6) is 0.785. The lowest BCUT2D eigenvalue weighted by Crippen LogP contribution is -2.12. The fourth-order valence-corrected chi connectivity index (χ4v) is 3.08. The topological polar surface area (TPSA) is 69.0 Å². The number of carbonyl (C=O) groups is 1. The molecule has 1 amide bonds. The van der Waals surface area contributed by atoms with E-state index in [0.717, 1.165) is 11.3 Å². The van der Waals surface area contributed by atoms with E-state index in [1.807, 2.05) is 18.2 Å². The number of alkyl halides is 1. The maximum Gasteiger partial charge on any atom is 0.336 e. The molecule has 1 aliphatic rings. The van der Waals surface area contributed by atoms with Gasteiger partial charge in [-0.2, -0.15) is 4.98 Å². The molecule has 1 heterocycles. The van der Waals surface area contributed by atoms with Crippen molar-refractivity contribution in [2.24, 2.45) is 5.92 Å². The van der Waals surface area contributed by atoms with E-state index in [2.05, 4.69) is 15.4 Å². The van der Waals surface area contributed by atoms with E-state index < -0.39 is 0 Å². The van der Waals surface area contributed by atoms with Gasteiger partial charge >= 0.3 is 6.01 Å². The number of benzene rings is 2. The number of hydrogen-bond acceptors (Lipinski definition) is 4. The summed E-state index contributed by atoms with van der Waals surface area (Å²) < 4.78 is 7.44. The van der Waals surface area contributed by atoms with Crippen molar-refractivity contribution in [3.63, 3.8) is 0 Å². The molecule has 1 N–H and O–H groups in total. The van der Waals surface area contributed by atoms with Crippen LogP contribution in [-0.2, 0) is 4.79 Å². The SMILES string of the molecule is O=C(CCl)Nc1ccc(-n2nc(OCC3CC3)nc2-c2ccc(Cl)c(Cl)c2)cc1. The first-order valence-corrected chi connectivity index (χ1v) is 10.3. The molecular weight excluding hydrogens is 435 g/mol. The van der Waals surface area contributed by atoms with Gasteiger partial charge in [-0.25, -0.2) is 4.68 Å². The largest absolute Gasteiger partial charge is 0.462 e. The van der Waals surface area contributed by atoms with Crippen LogP contribution in [0.25, 0.3) is 17.1 Å². The van der Waals surface area contributed by atoms with Crippen LogP contribution in [0.4, 0.5) is 5.69 Å². The summed E-state index contributed by atoms with van der Waals surface area (Å²) in [5.41, 5.74) is 2.15. The van der Waals surface area contributed by atoms with E-state index in [-0.39, 0.29) is 11.8 Å². The van der Waals surface area contributed by atoms with Crippen LogP contribution in [0.15, 0.2) is 42.5 Å². The van der Waals surface area contributed by atoms with Crippen LogP contribution in [-0.4, -0.2) is 33.2 Å². The van der Waals surface area contributed by atoms with Gasteiger partial charge in [0.15, 0.2) is 5.82 Å². The Morgan fingerprint density at radius 1 is 1.14 bits per heavy atom. The molecule has 9 heteroatoms. The Bertz CT molecular complexity index is 1030. The number of ether oxygens (including phenoxy) is 1. The Morgan fingerprint density at radius 3 is 2.55 bits per heavy atom. The molecular formula is C20H17Cl3N4O2. The highest BCUT2D eigenvalue weighted by atomic mass is 35.5. The molecule has 2 aromatic carbocycles. The molecule has 1 fully saturated rings. The Hall–Kier alpha value is -2.28. The third-order valence-corrected chi connectivity index (χ3v) is 5.41. The van der Waals surface area contributed by atoms with Crippen molar-refractivity contribution < 1.29 is 9.53 Å². The van der Waals surface area contributed by atoms with E-state index >= 15 is 0 Å². The van der Waals surface area contributed by atoms with Crippen LogP contribution in [0, 0.1) is 5.92 Å². The monoisotopic (exact) mass is 450 g/mol. The number of anilines is 1. The molecule has 0 unspecified atom stereocenters. The van der Waals surface area contributed by atoms with Gasteiger partial charge in [0.05, 0.1) is 22.3 Å². The van der Waals surface area contributed by atoms with E-state index in [4.69, 9.17) is 39.5 Å². The quantitative estimate of drug-likeness (QED) is 0.501. The molecule has 0 radical (unpaired) electrons. The number of nitrogens with one attached hydrogen (secondary N) is 1. The smallest absolute Gasteiger partial charge is 0.336 e. The van der Waals surface area contributed by atoms with E-state index in [1.165, 1.54) is 12.8 Å². The second kappa shape index (κ2) is 8.61. The molecule has 0 atom stereocenters. The number of carbonyl (C=O) groups excluding carboxylic acids is 1. The minimum Gasteiger partial charge on any atom is -0.462 e. The van der Waals surface area contributed by atoms with Crippen molar-refractivity contribution in [3.8, 4) is 23.1 Å². The summed E-state index contributed by atoms with van der Waals surface area (Å²) in [7, 11) is 0. The molecule has 3 aromatic rings. The molecule has 0 saturated heterocycles. The minimum absolute atomic E-state index is 0.103. The summed E-state index contributed by atoms with van der Waals surface area (Å²) in [6.45, 7) is 0.605. The number of aromatic nitrogens is 3. The highest BCUT2D eigenvalue weighted by Crippen LogP contribution is 2.32. The maximum absolute atomic E-state index is 11.5. The third kappa shape index (κ3) is 4.83. The van der Waals surface area contributed by atoms with Gasteiger partial charge in [-0.15, -0.1) is 16.7 Å².